The molecule has 0 saturated heterocycles. The molecule has 0 spiro atoms. The largest absolute Gasteiger partial charge is 0.198 e. The van der Waals surface area contributed by atoms with Crippen molar-refractivity contribution in [2.24, 2.45) is 0 Å². The first-order valence-electron chi connectivity index (χ1n) is 4.30. The van der Waals surface area contributed by atoms with Gasteiger partial charge in [0.25, 0.3) is 0 Å². The summed E-state index contributed by atoms with van der Waals surface area (Å²) in [5.74, 6) is 0. The van der Waals surface area contributed by atoms with Crippen molar-refractivity contribution in [1.29, 1.82) is 5.26 Å². The van der Waals surface area contributed by atoms with Gasteiger partial charge in [-0.2, -0.15) is 5.26 Å². The summed E-state index contributed by atoms with van der Waals surface area (Å²) in [7, 11) is -0.359. The molecule has 0 fully saturated rings. The van der Waals surface area contributed by atoms with Crippen molar-refractivity contribution in [3.8, 4) is 6.07 Å². The van der Waals surface area contributed by atoms with E-state index in [-0.39, 0.29) is 9.52 Å². The van der Waals surface area contributed by atoms with Crippen LogP contribution < -0.4 is 5.19 Å². The molecule has 12 heavy (non-hydrogen) atoms. The average Bonchev–Trinajstić information content (AvgIpc) is 2.16. The molecule has 0 aromatic heterocycles. The van der Waals surface area contributed by atoms with Gasteiger partial charge in [0.05, 0.1) is 15.6 Å². The second-order valence-electron chi connectivity index (χ2n) is 2.92. The summed E-state index contributed by atoms with van der Waals surface area (Å²) in [6.07, 6.45) is 0.998. The van der Waals surface area contributed by atoms with E-state index >= 15 is 0 Å². The summed E-state index contributed by atoms with van der Waals surface area (Å²) >= 11 is 0. The maximum atomic E-state index is 8.77. The van der Waals surface area contributed by atoms with Gasteiger partial charge in [0.2, 0.25) is 0 Å². The molecule has 0 aliphatic heterocycles. The number of nitrogens with zero attached hydrogens (tertiary/aromatic N) is 1. The van der Waals surface area contributed by atoms with Crippen LogP contribution in [0.15, 0.2) is 30.3 Å². The van der Waals surface area contributed by atoms with Gasteiger partial charge in [-0.1, -0.05) is 42.4 Å². The number of benzene rings is 1. The summed E-state index contributed by atoms with van der Waals surface area (Å²) in [5.41, 5.74) is 0.312. The Hall–Kier alpha value is -1.07. The Labute approximate surface area is 75.9 Å². The van der Waals surface area contributed by atoms with Crippen LogP contribution in [0.3, 0.4) is 0 Å². The van der Waals surface area contributed by atoms with Gasteiger partial charge < -0.3 is 0 Å². The first-order valence-corrected chi connectivity index (χ1v) is 5.82. The van der Waals surface area contributed by atoms with Crippen molar-refractivity contribution in [3.63, 3.8) is 0 Å². The molecule has 1 nitrogen and oxygen atoms in total. The standard InChI is InChI=1S/C10H13NSi/c1-2-9(8-11)12-10-6-4-3-5-7-10/h3-7,9H,2,12H2,1H3. The van der Waals surface area contributed by atoms with Crippen LogP contribution in [0.1, 0.15) is 13.3 Å². The van der Waals surface area contributed by atoms with E-state index in [1.54, 1.807) is 0 Å². The fourth-order valence-corrected chi connectivity index (χ4v) is 2.67. The van der Waals surface area contributed by atoms with Crippen molar-refractivity contribution >= 4 is 14.7 Å². The minimum Gasteiger partial charge on any atom is -0.198 e. The van der Waals surface area contributed by atoms with E-state index in [0.717, 1.165) is 6.42 Å². The Kier molecular flexibility index (Phi) is 3.56. The van der Waals surface area contributed by atoms with Gasteiger partial charge >= 0.3 is 0 Å². The molecule has 62 valence electrons. The molecule has 0 radical (unpaired) electrons. The van der Waals surface area contributed by atoms with Crippen molar-refractivity contribution < 1.29 is 0 Å². The summed E-state index contributed by atoms with van der Waals surface area (Å²) in [4.78, 5) is 0. The normalized spacial score (nSPS) is 13.0. The first-order chi connectivity index (χ1) is 5.86. The molecule has 0 amide bonds. The third-order valence-electron chi connectivity index (χ3n) is 2.00. The maximum Gasteiger partial charge on any atom is 0.0744 e. The van der Waals surface area contributed by atoms with Crippen LogP contribution >= 0.6 is 0 Å². The molecule has 0 bridgehead atoms. The zero-order chi connectivity index (χ0) is 8.81. The van der Waals surface area contributed by atoms with E-state index in [9.17, 15) is 0 Å². The van der Waals surface area contributed by atoms with Crippen molar-refractivity contribution in [2.75, 3.05) is 0 Å². The van der Waals surface area contributed by atoms with E-state index in [2.05, 4.69) is 25.1 Å². The number of hydrogen-bond acceptors (Lipinski definition) is 1. The Balaban J connectivity index is 2.58. The molecular formula is C10H13NSi. The Bertz CT molecular complexity index is 263. The highest BCUT2D eigenvalue weighted by Crippen LogP contribution is 2.05. The van der Waals surface area contributed by atoms with Gasteiger partial charge in [-0.3, -0.25) is 0 Å². The van der Waals surface area contributed by atoms with Crippen molar-refractivity contribution in [3.05, 3.63) is 30.3 Å². The lowest BCUT2D eigenvalue weighted by Crippen LogP contribution is -2.17. The van der Waals surface area contributed by atoms with Gasteiger partial charge in [0.15, 0.2) is 0 Å². The first kappa shape index (κ1) is 9.02. The van der Waals surface area contributed by atoms with Crippen LogP contribution in [0.5, 0.6) is 0 Å². The molecule has 1 atom stereocenters. The highest BCUT2D eigenvalue weighted by Gasteiger charge is 2.05. The maximum absolute atomic E-state index is 8.77. The number of rotatable bonds is 3. The van der Waals surface area contributed by atoms with Crippen LogP contribution in [0.2, 0.25) is 5.54 Å². The van der Waals surface area contributed by atoms with Gasteiger partial charge in [-0.25, -0.2) is 0 Å². The minimum atomic E-state index is -0.359. The fourth-order valence-electron chi connectivity index (χ4n) is 1.18. The van der Waals surface area contributed by atoms with E-state index < -0.39 is 0 Å². The Morgan fingerprint density at radius 1 is 1.42 bits per heavy atom. The molecule has 1 unspecified atom stereocenters. The molecule has 2 heteroatoms. The average molecular weight is 175 g/mol. The lowest BCUT2D eigenvalue weighted by Gasteiger charge is -2.03. The van der Waals surface area contributed by atoms with E-state index in [1.165, 1.54) is 5.19 Å². The second kappa shape index (κ2) is 4.73. The molecule has 0 heterocycles. The third kappa shape index (κ3) is 2.52. The van der Waals surface area contributed by atoms with Crippen molar-refractivity contribution in [2.45, 2.75) is 18.9 Å². The minimum absolute atomic E-state index is 0.312. The van der Waals surface area contributed by atoms with E-state index in [1.807, 2.05) is 18.2 Å². The zero-order valence-electron chi connectivity index (χ0n) is 7.33. The van der Waals surface area contributed by atoms with Crippen molar-refractivity contribution in [1.82, 2.24) is 0 Å². The van der Waals surface area contributed by atoms with Crippen LogP contribution in [-0.2, 0) is 0 Å². The molecular weight excluding hydrogens is 162 g/mol. The highest BCUT2D eigenvalue weighted by atomic mass is 28.2. The van der Waals surface area contributed by atoms with Gasteiger partial charge in [0, 0.05) is 5.54 Å². The molecule has 0 N–H and O–H groups in total. The van der Waals surface area contributed by atoms with Gasteiger partial charge in [-0.15, -0.1) is 0 Å². The highest BCUT2D eigenvalue weighted by molar-refractivity contribution is 6.55. The zero-order valence-corrected chi connectivity index (χ0v) is 8.74. The molecule has 1 aromatic rings. The third-order valence-corrected chi connectivity index (χ3v) is 4.20. The van der Waals surface area contributed by atoms with Crippen LogP contribution in [0, 0.1) is 11.3 Å². The predicted octanol–water partition coefficient (Wildman–Crippen LogP) is 1.20. The molecule has 0 aliphatic carbocycles. The number of nitriles is 1. The summed E-state index contributed by atoms with van der Waals surface area (Å²) in [6, 6.07) is 12.7. The molecule has 1 rings (SSSR count). The topological polar surface area (TPSA) is 23.8 Å². The Morgan fingerprint density at radius 3 is 2.58 bits per heavy atom. The lowest BCUT2D eigenvalue weighted by molar-refractivity contribution is 0.956. The monoisotopic (exact) mass is 175 g/mol. The molecule has 0 aliphatic rings. The van der Waals surface area contributed by atoms with Gasteiger partial charge in [-0.05, 0) is 6.42 Å². The second-order valence-corrected chi connectivity index (χ2v) is 5.13. The van der Waals surface area contributed by atoms with Crippen LogP contribution in [0.4, 0.5) is 0 Å². The van der Waals surface area contributed by atoms with Gasteiger partial charge in [0.1, 0.15) is 0 Å². The van der Waals surface area contributed by atoms with Crippen LogP contribution in [-0.4, -0.2) is 9.52 Å². The quantitative estimate of drug-likeness (QED) is 0.633. The summed E-state index contributed by atoms with van der Waals surface area (Å²) in [5, 5.41) is 10.2. The predicted molar refractivity (Wildman–Crippen MR) is 54.3 cm³/mol. The number of hydrogen-bond donors (Lipinski definition) is 0. The van der Waals surface area contributed by atoms with E-state index in [0.29, 0.717) is 5.54 Å². The van der Waals surface area contributed by atoms with Crippen LogP contribution in [0.25, 0.3) is 0 Å². The smallest absolute Gasteiger partial charge is 0.0744 e. The Morgan fingerprint density at radius 2 is 2.08 bits per heavy atom. The lowest BCUT2D eigenvalue weighted by atomic mass is 10.3. The SMILES string of the molecule is CCC(C#N)[SiH2]c1ccccc1. The molecule has 0 saturated carbocycles. The fraction of sp³-hybridized carbons (Fsp3) is 0.300. The van der Waals surface area contributed by atoms with E-state index in [4.69, 9.17) is 5.26 Å². The summed E-state index contributed by atoms with van der Waals surface area (Å²) in [6.45, 7) is 2.09. The molecule has 1 aromatic carbocycles. The summed E-state index contributed by atoms with van der Waals surface area (Å²) < 4.78 is 0.